The molecule has 0 unspecified atom stereocenters. The van der Waals surface area contributed by atoms with E-state index < -0.39 is 18.4 Å². The lowest BCUT2D eigenvalue weighted by atomic mass is 9.97. The van der Waals surface area contributed by atoms with Gasteiger partial charge in [0.25, 0.3) is 12.3 Å². The van der Waals surface area contributed by atoms with Gasteiger partial charge in [-0.2, -0.15) is 0 Å². The predicted molar refractivity (Wildman–Crippen MR) is 119 cm³/mol. The predicted octanol–water partition coefficient (Wildman–Crippen LogP) is 4.63. The molecule has 176 valence electrons. The molecular weight excluding hydrogens is 458 g/mol. The van der Waals surface area contributed by atoms with Crippen LogP contribution in [0, 0.1) is 6.92 Å². The number of hydrogen-bond acceptors (Lipinski definition) is 7. The number of rotatable bonds is 4. The number of halogens is 2. The number of alkyl halides is 2. The average Bonchev–Trinajstić information content (AvgIpc) is 3.60. The second-order valence-corrected chi connectivity index (χ2v) is 8.17. The molecule has 35 heavy (non-hydrogen) atoms. The van der Waals surface area contributed by atoms with Gasteiger partial charge >= 0.3 is 11.8 Å². The van der Waals surface area contributed by atoms with E-state index in [4.69, 9.17) is 8.83 Å². The zero-order valence-electron chi connectivity index (χ0n) is 18.4. The highest BCUT2D eigenvalue weighted by Gasteiger charge is 2.41. The van der Waals surface area contributed by atoms with Gasteiger partial charge in [0.15, 0.2) is 0 Å². The third-order valence-corrected chi connectivity index (χ3v) is 6.03. The first-order valence-electron chi connectivity index (χ1n) is 10.9. The fourth-order valence-corrected chi connectivity index (χ4v) is 4.47. The molecule has 0 saturated carbocycles. The van der Waals surface area contributed by atoms with E-state index in [1.54, 1.807) is 36.4 Å². The van der Waals surface area contributed by atoms with Gasteiger partial charge in [-0.15, -0.1) is 10.2 Å². The van der Waals surface area contributed by atoms with Crippen molar-refractivity contribution in [3.8, 4) is 11.6 Å². The van der Waals surface area contributed by atoms with Crippen molar-refractivity contribution in [2.24, 2.45) is 0 Å². The summed E-state index contributed by atoms with van der Waals surface area (Å²) in [4.78, 5) is 26.7. The van der Waals surface area contributed by atoms with Crippen LogP contribution in [0.1, 0.15) is 51.6 Å². The lowest BCUT2D eigenvalue weighted by Gasteiger charge is -2.33. The van der Waals surface area contributed by atoms with Gasteiger partial charge in [0.1, 0.15) is 23.1 Å². The summed E-state index contributed by atoms with van der Waals surface area (Å²) in [5, 5.41) is 8.17. The van der Waals surface area contributed by atoms with Gasteiger partial charge in [0.05, 0.1) is 17.6 Å². The standard InChI is InChI=1S/C24H18F2N6O3/c1-12-5-4-7-15(29-12)22-30-31-23(35-22)24(33)32-10-9-14-18(28-11-27-14)19(32)20-17(21(25)26)13-6-2-3-8-16(13)34-20/h2-8,11,19,21H,9-10H2,1H3,(H,27,28)/t19-/m1/s1. The third kappa shape index (κ3) is 3.47. The number of pyridine rings is 1. The molecule has 6 rings (SSSR count). The van der Waals surface area contributed by atoms with Crippen molar-refractivity contribution in [2.45, 2.75) is 25.8 Å². The van der Waals surface area contributed by atoms with Crippen LogP contribution < -0.4 is 0 Å². The molecule has 9 nitrogen and oxygen atoms in total. The molecule has 0 fully saturated rings. The highest BCUT2D eigenvalue weighted by Crippen LogP contribution is 2.43. The highest BCUT2D eigenvalue weighted by atomic mass is 19.3. The van der Waals surface area contributed by atoms with Crippen molar-refractivity contribution in [1.29, 1.82) is 0 Å². The first-order valence-corrected chi connectivity index (χ1v) is 10.9. The molecule has 0 radical (unpaired) electrons. The lowest BCUT2D eigenvalue weighted by molar-refractivity contribution is 0.0623. The van der Waals surface area contributed by atoms with Gasteiger partial charge in [-0.25, -0.2) is 18.7 Å². The number of imidazole rings is 1. The molecule has 1 N–H and O–H groups in total. The van der Waals surface area contributed by atoms with Crippen molar-refractivity contribution in [2.75, 3.05) is 6.54 Å². The molecule has 0 spiro atoms. The summed E-state index contributed by atoms with van der Waals surface area (Å²) in [6.07, 6.45) is -0.899. The van der Waals surface area contributed by atoms with Gasteiger partial charge in [0.2, 0.25) is 0 Å². The fraction of sp³-hybridized carbons (Fsp3) is 0.208. The summed E-state index contributed by atoms with van der Waals surface area (Å²) >= 11 is 0. The number of benzene rings is 1. The van der Waals surface area contributed by atoms with Crippen LogP contribution in [0.5, 0.6) is 0 Å². The number of amides is 1. The number of fused-ring (bicyclic) bond motifs is 2. The molecule has 1 atom stereocenters. The van der Waals surface area contributed by atoms with E-state index >= 15 is 0 Å². The minimum absolute atomic E-state index is 0.0392. The lowest BCUT2D eigenvalue weighted by Crippen LogP contribution is -2.41. The average molecular weight is 476 g/mol. The van der Waals surface area contributed by atoms with E-state index in [0.717, 1.165) is 11.4 Å². The first-order chi connectivity index (χ1) is 17.0. The summed E-state index contributed by atoms with van der Waals surface area (Å²) in [5.74, 6) is -0.844. The number of aromatic nitrogens is 5. The molecule has 1 amide bonds. The Labute approximate surface area is 196 Å². The van der Waals surface area contributed by atoms with E-state index in [1.807, 2.05) is 13.0 Å². The Morgan fingerprint density at radius 2 is 2.00 bits per heavy atom. The molecular formula is C24H18F2N6O3. The second kappa shape index (κ2) is 8.12. The largest absolute Gasteiger partial charge is 0.458 e. The van der Waals surface area contributed by atoms with E-state index in [9.17, 15) is 13.6 Å². The van der Waals surface area contributed by atoms with Crippen molar-refractivity contribution < 1.29 is 22.4 Å². The van der Waals surface area contributed by atoms with Crippen LogP contribution >= 0.6 is 0 Å². The summed E-state index contributed by atoms with van der Waals surface area (Å²) in [5.41, 5.74) is 2.40. The monoisotopic (exact) mass is 476 g/mol. The highest BCUT2D eigenvalue weighted by molar-refractivity contribution is 5.91. The minimum atomic E-state index is -2.82. The number of H-pyrrole nitrogens is 1. The molecule has 4 aromatic heterocycles. The van der Waals surface area contributed by atoms with Crippen molar-refractivity contribution >= 4 is 16.9 Å². The quantitative estimate of drug-likeness (QED) is 0.402. The van der Waals surface area contributed by atoms with Crippen molar-refractivity contribution in [1.82, 2.24) is 30.0 Å². The summed E-state index contributed by atoms with van der Waals surface area (Å²) in [6.45, 7) is 2.03. The molecule has 0 saturated heterocycles. The zero-order valence-corrected chi connectivity index (χ0v) is 18.4. The van der Waals surface area contributed by atoms with E-state index in [0.29, 0.717) is 23.4 Å². The number of aryl methyl sites for hydroxylation is 1. The Morgan fingerprint density at radius 1 is 1.14 bits per heavy atom. The normalized spacial score (nSPS) is 15.7. The molecule has 0 bridgehead atoms. The van der Waals surface area contributed by atoms with E-state index in [2.05, 4.69) is 25.1 Å². The molecule has 1 aliphatic heterocycles. The fourth-order valence-electron chi connectivity index (χ4n) is 4.47. The van der Waals surface area contributed by atoms with E-state index in [1.165, 1.54) is 11.2 Å². The Balaban J connectivity index is 1.45. The van der Waals surface area contributed by atoms with E-state index in [-0.39, 0.29) is 35.0 Å². The number of nitrogens with one attached hydrogen (secondary N) is 1. The number of aromatic amines is 1. The Bertz CT molecular complexity index is 1560. The Hall–Kier alpha value is -4.41. The number of carbonyl (C=O) groups is 1. The maximum Gasteiger partial charge on any atom is 0.312 e. The van der Waals surface area contributed by atoms with Crippen molar-refractivity contribution in [3.05, 3.63) is 83.1 Å². The number of hydrogen-bond donors (Lipinski definition) is 1. The van der Waals surface area contributed by atoms with Gasteiger partial charge in [-0.05, 0) is 25.1 Å². The van der Waals surface area contributed by atoms with Gasteiger partial charge in [-0.3, -0.25) is 4.79 Å². The van der Waals surface area contributed by atoms with Crippen LogP contribution in [0.2, 0.25) is 0 Å². The molecule has 0 aliphatic carbocycles. The second-order valence-electron chi connectivity index (χ2n) is 8.17. The molecule has 1 aromatic carbocycles. The summed E-state index contributed by atoms with van der Waals surface area (Å²) < 4.78 is 40.1. The Morgan fingerprint density at radius 3 is 2.83 bits per heavy atom. The van der Waals surface area contributed by atoms with Crippen LogP contribution in [0.15, 0.2) is 57.6 Å². The zero-order chi connectivity index (χ0) is 24.1. The molecule has 11 heteroatoms. The van der Waals surface area contributed by atoms with Crippen LogP contribution in [0.25, 0.3) is 22.6 Å². The Kier molecular flexibility index (Phi) is 4.90. The SMILES string of the molecule is Cc1cccc(-c2nnc(C(=O)N3CCc4[nH]cnc4[C@@H]3c3oc4ccccc4c3C(F)F)o2)n1. The minimum Gasteiger partial charge on any atom is -0.458 e. The maximum absolute atomic E-state index is 14.3. The van der Waals surface area contributed by atoms with Crippen LogP contribution in [0.4, 0.5) is 8.78 Å². The number of carbonyl (C=O) groups excluding carboxylic acids is 1. The van der Waals surface area contributed by atoms with Crippen molar-refractivity contribution in [3.63, 3.8) is 0 Å². The molecule has 5 aromatic rings. The van der Waals surface area contributed by atoms with Crippen LogP contribution in [0.3, 0.4) is 0 Å². The van der Waals surface area contributed by atoms with Crippen LogP contribution in [-0.4, -0.2) is 42.5 Å². The van der Waals surface area contributed by atoms with Gasteiger partial charge in [-0.1, -0.05) is 24.3 Å². The third-order valence-electron chi connectivity index (χ3n) is 6.03. The number of para-hydroxylation sites is 1. The molecule has 5 heterocycles. The maximum atomic E-state index is 14.3. The van der Waals surface area contributed by atoms with Gasteiger partial charge < -0.3 is 18.7 Å². The summed E-state index contributed by atoms with van der Waals surface area (Å²) in [6, 6.07) is 10.9. The number of nitrogens with zero attached hydrogens (tertiary/aromatic N) is 5. The molecule has 1 aliphatic rings. The topological polar surface area (TPSA) is 114 Å². The summed E-state index contributed by atoms with van der Waals surface area (Å²) in [7, 11) is 0. The van der Waals surface area contributed by atoms with Crippen LogP contribution in [-0.2, 0) is 6.42 Å². The smallest absolute Gasteiger partial charge is 0.312 e. The number of furan rings is 1. The van der Waals surface area contributed by atoms with Gasteiger partial charge in [0, 0.05) is 29.7 Å². The first kappa shape index (κ1) is 21.1.